The van der Waals surface area contributed by atoms with E-state index in [1.165, 1.54) is 16.8 Å². The lowest BCUT2D eigenvalue weighted by molar-refractivity contribution is 0.689. The summed E-state index contributed by atoms with van der Waals surface area (Å²) in [5.74, 6) is 1.88. The van der Waals surface area contributed by atoms with Crippen molar-refractivity contribution in [1.29, 1.82) is 0 Å². The summed E-state index contributed by atoms with van der Waals surface area (Å²) in [5, 5.41) is 0. The summed E-state index contributed by atoms with van der Waals surface area (Å²) in [7, 11) is 0. The van der Waals surface area contributed by atoms with Gasteiger partial charge in [-0.05, 0) is 43.4 Å². The Morgan fingerprint density at radius 3 is 2.76 bits per heavy atom. The fourth-order valence-corrected chi connectivity index (χ4v) is 3.74. The van der Waals surface area contributed by atoms with Gasteiger partial charge < -0.3 is 4.90 Å². The molecule has 0 unspecified atom stereocenters. The van der Waals surface area contributed by atoms with Gasteiger partial charge in [-0.15, -0.1) is 0 Å². The minimum Gasteiger partial charge on any atom is -0.350 e. The van der Waals surface area contributed by atoms with Crippen LogP contribution in [0.3, 0.4) is 0 Å². The van der Waals surface area contributed by atoms with Gasteiger partial charge >= 0.3 is 0 Å². The number of aryl methyl sites for hydroxylation is 1. The summed E-state index contributed by atoms with van der Waals surface area (Å²) >= 11 is 0. The Morgan fingerprint density at radius 2 is 1.84 bits per heavy atom. The molecule has 0 radical (unpaired) electrons. The number of pyridine rings is 1. The Bertz CT molecular complexity index is 924. The Kier molecular flexibility index (Phi) is 3.40. The number of anilines is 1. The van der Waals surface area contributed by atoms with E-state index in [0.717, 1.165) is 61.7 Å². The van der Waals surface area contributed by atoms with Crippen LogP contribution in [0.5, 0.6) is 0 Å². The topological polar surface area (TPSA) is 67.7 Å². The summed E-state index contributed by atoms with van der Waals surface area (Å²) in [6, 6.07) is 3.94. The molecule has 3 aromatic rings. The summed E-state index contributed by atoms with van der Waals surface area (Å²) < 4.78 is 0. The first-order chi connectivity index (χ1) is 12.4. The van der Waals surface area contributed by atoms with Crippen molar-refractivity contribution < 1.29 is 0 Å². The van der Waals surface area contributed by atoms with E-state index >= 15 is 0 Å². The van der Waals surface area contributed by atoms with E-state index in [1.54, 1.807) is 18.7 Å². The van der Waals surface area contributed by atoms with Crippen molar-refractivity contribution in [3.8, 4) is 11.4 Å². The van der Waals surface area contributed by atoms with Crippen molar-refractivity contribution in [3.05, 3.63) is 59.6 Å². The predicted molar refractivity (Wildman–Crippen MR) is 94.1 cm³/mol. The number of hydrogen-bond donors (Lipinski definition) is 0. The fourth-order valence-electron chi connectivity index (χ4n) is 3.74. The van der Waals surface area contributed by atoms with Crippen LogP contribution in [0.15, 0.2) is 37.1 Å². The van der Waals surface area contributed by atoms with Crippen molar-refractivity contribution in [2.75, 3.05) is 11.4 Å². The van der Waals surface area contributed by atoms with Crippen LogP contribution >= 0.6 is 0 Å². The molecule has 0 N–H and O–H groups in total. The van der Waals surface area contributed by atoms with Gasteiger partial charge in [0.15, 0.2) is 5.82 Å². The molecule has 6 heteroatoms. The maximum Gasteiger partial charge on any atom is 0.161 e. The normalized spacial score (nSPS) is 15.8. The largest absolute Gasteiger partial charge is 0.350 e. The van der Waals surface area contributed by atoms with Crippen LogP contribution in [-0.2, 0) is 25.8 Å². The molecule has 2 aliphatic rings. The number of aromatic nitrogens is 5. The van der Waals surface area contributed by atoms with E-state index in [1.807, 2.05) is 18.3 Å². The van der Waals surface area contributed by atoms with E-state index in [2.05, 4.69) is 19.9 Å². The number of hydrogen-bond acceptors (Lipinski definition) is 6. The minimum atomic E-state index is 0.789. The molecule has 0 aromatic carbocycles. The van der Waals surface area contributed by atoms with Gasteiger partial charge in [-0.1, -0.05) is 0 Å². The monoisotopic (exact) mass is 330 g/mol. The maximum atomic E-state index is 4.95. The van der Waals surface area contributed by atoms with Gasteiger partial charge in [-0.2, -0.15) is 0 Å². The molecule has 1 aliphatic heterocycles. The third kappa shape index (κ3) is 2.54. The zero-order valence-electron chi connectivity index (χ0n) is 13.9. The third-order valence-corrected chi connectivity index (χ3v) is 5.02. The van der Waals surface area contributed by atoms with Gasteiger partial charge in [0.2, 0.25) is 0 Å². The van der Waals surface area contributed by atoms with E-state index in [4.69, 9.17) is 9.97 Å². The zero-order chi connectivity index (χ0) is 16.6. The Labute approximate surface area is 146 Å². The van der Waals surface area contributed by atoms with E-state index < -0.39 is 0 Å². The molecule has 0 fully saturated rings. The van der Waals surface area contributed by atoms with E-state index in [-0.39, 0.29) is 0 Å². The second-order valence-corrected chi connectivity index (χ2v) is 6.55. The number of nitrogens with zero attached hydrogens (tertiary/aromatic N) is 6. The highest BCUT2D eigenvalue weighted by molar-refractivity contribution is 5.61. The quantitative estimate of drug-likeness (QED) is 0.719. The molecule has 6 nitrogen and oxygen atoms in total. The molecule has 0 amide bonds. The smallest absolute Gasteiger partial charge is 0.161 e. The van der Waals surface area contributed by atoms with Crippen molar-refractivity contribution in [3.63, 3.8) is 0 Å². The van der Waals surface area contributed by atoms with Gasteiger partial charge in [-0.3, -0.25) is 4.98 Å². The molecule has 1 aliphatic carbocycles. The van der Waals surface area contributed by atoms with E-state index in [0.29, 0.717) is 0 Å². The van der Waals surface area contributed by atoms with Crippen molar-refractivity contribution in [2.45, 2.75) is 32.2 Å². The molecular formula is C19H18N6. The summed E-state index contributed by atoms with van der Waals surface area (Å²) in [6.45, 7) is 1.73. The molecule has 3 aromatic heterocycles. The van der Waals surface area contributed by atoms with Crippen LogP contribution in [0.1, 0.15) is 28.9 Å². The van der Waals surface area contributed by atoms with Gasteiger partial charge in [-0.25, -0.2) is 19.9 Å². The van der Waals surface area contributed by atoms with Crippen LogP contribution in [0, 0.1) is 0 Å². The summed E-state index contributed by atoms with van der Waals surface area (Å²) in [5.41, 5.74) is 5.89. The second kappa shape index (κ2) is 5.88. The summed E-state index contributed by atoms with van der Waals surface area (Å²) in [4.78, 5) is 24.9. The molecule has 0 saturated carbocycles. The molecule has 0 bridgehead atoms. The molecule has 0 atom stereocenters. The molecule has 0 saturated heterocycles. The number of fused-ring (bicyclic) bond motifs is 2. The zero-order valence-corrected chi connectivity index (χ0v) is 13.9. The molecule has 25 heavy (non-hydrogen) atoms. The first kappa shape index (κ1) is 14.5. The molecule has 5 rings (SSSR count). The average molecular weight is 330 g/mol. The van der Waals surface area contributed by atoms with Crippen molar-refractivity contribution in [2.24, 2.45) is 0 Å². The van der Waals surface area contributed by atoms with Crippen LogP contribution in [-0.4, -0.2) is 31.5 Å². The lowest BCUT2D eigenvalue weighted by Gasteiger charge is -2.30. The average Bonchev–Trinajstić information content (AvgIpc) is 3.16. The van der Waals surface area contributed by atoms with Gasteiger partial charge in [0, 0.05) is 42.0 Å². The molecular weight excluding hydrogens is 312 g/mol. The first-order valence-corrected chi connectivity index (χ1v) is 8.71. The molecule has 0 spiro atoms. The Balaban J connectivity index is 1.58. The van der Waals surface area contributed by atoms with Crippen LogP contribution < -0.4 is 4.90 Å². The van der Waals surface area contributed by atoms with Crippen LogP contribution in [0.4, 0.5) is 5.82 Å². The highest BCUT2D eigenvalue weighted by atomic mass is 15.2. The standard InChI is InChI=1S/C19H18N6/c1-2-15-16(3-1)23-18(13-4-7-20-8-5-13)24-19(15)25-9-6-14-10-21-12-22-17(14)11-25/h4-5,7-8,10,12H,1-3,6,9,11H2. The lowest BCUT2D eigenvalue weighted by atomic mass is 10.1. The Morgan fingerprint density at radius 1 is 0.920 bits per heavy atom. The van der Waals surface area contributed by atoms with Crippen molar-refractivity contribution in [1.82, 2.24) is 24.9 Å². The highest BCUT2D eigenvalue weighted by Crippen LogP contribution is 2.33. The molecule has 124 valence electrons. The molecule has 4 heterocycles. The lowest BCUT2D eigenvalue weighted by Crippen LogP contribution is -2.33. The van der Waals surface area contributed by atoms with Gasteiger partial charge in [0.25, 0.3) is 0 Å². The van der Waals surface area contributed by atoms with Crippen molar-refractivity contribution >= 4 is 5.82 Å². The summed E-state index contributed by atoms with van der Waals surface area (Å²) in [6.07, 6.45) is 11.4. The highest BCUT2D eigenvalue weighted by Gasteiger charge is 2.26. The van der Waals surface area contributed by atoms with Crippen LogP contribution in [0.2, 0.25) is 0 Å². The SMILES string of the molecule is c1cc(-c2nc3c(c(N4CCc5cncnc5C4)n2)CCC3)ccn1. The second-order valence-electron chi connectivity index (χ2n) is 6.55. The number of rotatable bonds is 2. The third-order valence-electron chi connectivity index (χ3n) is 5.02. The Hall–Kier alpha value is -2.89. The fraction of sp³-hybridized carbons (Fsp3) is 0.316. The van der Waals surface area contributed by atoms with Crippen LogP contribution in [0.25, 0.3) is 11.4 Å². The first-order valence-electron chi connectivity index (χ1n) is 8.71. The minimum absolute atomic E-state index is 0.789. The van der Waals surface area contributed by atoms with Gasteiger partial charge in [0.1, 0.15) is 12.1 Å². The maximum absolute atomic E-state index is 4.95. The van der Waals surface area contributed by atoms with E-state index in [9.17, 15) is 0 Å². The predicted octanol–water partition coefficient (Wildman–Crippen LogP) is 2.38. The van der Waals surface area contributed by atoms with Gasteiger partial charge in [0.05, 0.1) is 12.2 Å².